The molecule has 4 N–H and O–H groups in total. The standard InChI is InChI=1S/C25H24FN9S/c1-2-9-28-16-5-6-18-19(13-16)34-21(33-18)7-11-27-12-8-22-35-23-24(31-15-32-25(23)36-22)30-14-20-17(26)4-3-10-29-20/h1,3-6,10,13,15,27-28H,7-9,11-12,14H2,(H,33,34)(H,30,31,32). The summed E-state index contributed by atoms with van der Waals surface area (Å²) >= 11 is 1.53. The van der Waals surface area contributed by atoms with Crippen LogP contribution >= 0.6 is 11.3 Å². The number of imidazole rings is 1. The van der Waals surface area contributed by atoms with Gasteiger partial charge in [-0.05, 0) is 30.3 Å². The number of rotatable bonds is 11. The Morgan fingerprint density at radius 2 is 1.97 bits per heavy atom. The Morgan fingerprint density at radius 3 is 2.86 bits per heavy atom. The molecule has 0 saturated heterocycles. The zero-order valence-electron chi connectivity index (χ0n) is 19.4. The Hall–Kier alpha value is -4.14. The maximum Gasteiger partial charge on any atom is 0.157 e. The molecule has 0 bridgehead atoms. The van der Waals surface area contributed by atoms with Crippen LogP contribution < -0.4 is 16.0 Å². The molecule has 5 rings (SSSR count). The van der Waals surface area contributed by atoms with Crippen LogP contribution in [0.5, 0.6) is 0 Å². The number of nitrogens with zero attached hydrogens (tertiary/aromatic N) is 5. The van der Waals surface area contributed by atoms with E-state index in [0.29, 0.717) is 23.6 Å². The van der Waals surface area contributed by atoms with E-state index in [0.717, 1.165) is 58.3 Å². The lowest BCUT2D eigenvalue weighted by Crippen LogP contribution is -2.20. The number of aromatic amines is 1. The molecule has 1 aromatic carbocycles. The predicted octanol–water partition coefficient (Wildman–Crippen LogP) is 3.53. The quantitative estimate of drug-likeness (QED) is 0.160. The third kappa shape index (κ3) is 5.56. The van der Waals surface area contributed by atoms with E-state index in [1.807, 2.05) is 18.2 Å². The summed E-state index contributed by atoms with van der Waals surface area (Å²) in [4.78, 5) is 26.2. The first-order valence-corrected chi connectivity index (χ1v) is 12.3. The molecule has 4 heterocycles. The maximum absolute atomic E-state index is 13.9. The van der Waals surface area contributed by atoms with Crippen molar-refractivity contribution in [2.75, 3.05) is 30.3 Å². The number of fused-ring (bicyclic) bond motifs is 2. The third-order valence-electron chi connectivity index (χ3n) is 5.48. The summed E-state index contributed by atoms with van der Waals surface area (Å²) in [6.07, 6.45) is 9.90. The van der Waals surface area contributed by atoms with Crippen LogP contribution in [0.15, 0.2) is 42.9 Å². The van der Waals surface area contributed by atoms with Gasteiger partial charge in [-0.1, -0.05) is 17.3 Å². The zero-order chi connectivity index (χ0) is 24.7. The van der Waals surface area contributed by atoms with Crippen molar-refractivity contribution in [1.82, 2.24) is 35.2 Å². The first-order chi connectivity index (χ1) is 17.7. The van der Waals surface area contributed by atoms with Crippen molar-refractivity contribution in [3.05, 3.63) is 65.2 Å². The second-order valence-electron chi connectivity index (χ2n) is 7.99. The van der Waals surface area contributed by atoms with Gasteiger partial charge < -0.3 is 20.9 Å². The van der Waals surface area contributed by atoms with E-state index in [1.54, 1.807) is 12.3 Å². The van der Waals surface area contributed by atoms with Gasteiger partial charge in [0.1, 0.15) is 28.3 Å². The molecule has 4 aromatic heterocycles. The highest BCUT2D eigenvalue weighted by molar-refractivity contribution is 7.18. The molecule has 0 aliphatic carbocycles. The van der Waals surface area contributed by atoms with Crippen LogP contribution in [0.25, 0.3) is 21.4 Å². The van der Waals surface area contributed by atoms with Crippen molar-refractivity contribution in [3.8, 4) is 12.3 Å². The number of thiazole rings is 1. The van der Waals surface area contributed by atoms with Crippen molar-refractivity contribution in [2.24, 2.45) is 0 Å². The van der Waals surface area contributed by atoms with E-state index >= 15 is 0 Å². The highest BCUT2D eigenvalue weighted by Crippen LogP contribution is 2.25. The largest absolute Gasteiger partial charge is 0.374 e. The minimum Gasteiger partial charge on any atom is -0.374 e. The molecular formula is C25H24FN9S. The highest BCUT2D eigenvalue weighted by Gasteiger charge is 2.12. The Balaban J connectivity index is 1.12. The molecule has 0 unspecified atom stereocenters. The number of H-pyrrole nitrogens is 1. The number of hydrogen-bond donors (Lipinski definition) is 4. The van der Waals surface area contributed by atoms with Crippen LogP contribution in [0, 0.1) is 18.2 Å². The minimum atomic E-state index is -0.357. The first kappa shape index (κ1) is 23.6. The molecule has 182 valence electrons. The number of nitrogens with one attached hydrogen (secondary N) is 4. The molecule has 0 fully saturated rings. The summed E-state index contributed by atoms with van der Waals surface area (Å²) in [5.74, 6) is 3.72. The number of benzene rings is 1. The number of pyridine rings is 1. The lowest BCUT2D eigenvalue weighted by Gasteiger charge is -2.05. The van der Waals surface area contributed by atoms with Crippen molar-refractivity contribution >= 4 is 44.2 Å². The van der Waals surface area contributed by atoms with Crippen LogP contribution in [0.3, 0.4) is 0 Å². The molecule has 0 radical (unpaired) electrons. The summed E-state index contributed by atoms with van der Waals surface area (Å²) in [6.45, 7) is 2.26. The van der Waals surface area contributed by atoms with Gasteiger partial charge in [-0.15, -0.1) is 6.42 Å². The second kappa shape index (κ2) is 11.1. The van der Waals surface area contributed by atoms with Gasteiger partial charge in [0.15, 0.2) is 5.82 Å². The summed E-state index contributed by atoms with van der Waals surface area (Å²) in [5, 5.41) is 10.7. The Morgan fingerprint density at radius 1 is 1.06 bits per heavy atom. The molecule has 36 heavy (non-hydrogen) atoms. The number of hydrogen-bond acceptors (Lipinski definition) is 9. The van der Waals surface area contributed by atoms with E-state index in [2.05, 4.69) is 46.8 Å². The topological polar surface area (TPSA) is 116 Å². The van der Waals surface area contributed by atoms with E-state index in [-0.39, 0.29) is 12.4 Å². The van der Waals surface area contributed by atoms with Crippen molar-refractivity contribution in [3.63, 3.8) is 0 Å². The number of anilines is 2. The van der Waals surface area contributed by atoms with E-state index < -0.39 is 0 Å². The molecule has 0 spiro atoms. The Labute approximate surface area is 211 Å². The number of terminal acetylenes is 1. The third-order valence-corrected chi connectivity index (χ3v) is 6.50. The monoisotopic (exact) mass is 501 g/mol. The van der Waals surface area contributed by atoms with Gasteiger partial charge in [0.2, 0.25) is 0 Å². The number of aromatic nitrogens is 6. The lowest BCUT2D eigenvalue weighted by atomic mass is 10.3. The molecule has 11 heteroatoms. The summed E-state index contributed by atoms with van der Waals surface area (Å²) in [6, 6.07) is 8.93. The average molecular weight is 502 g/mol. The second-order valence-corrected chi connectivity index (χ2v) is 9.05. The fraction of sp³-hybridized carbons (Fsp3) is 0.240. The van der Waals surface area contributed by atoms with E-state index in [1.165, 1.54) is 23.7 Å². The molecule has 5 aromatic rings. The molecule has 0 aliphatic rings. The number of halogens is 1. The van der Waals surface area contributed by atoms with Crippen molar-refractivity contribution in [1.29, 1.82) is 0 Å². The van der Waals surface area contributed by atoms with Crippen molar-refractivity contribution in [2.45, 2.75) is 19.4 Å². The normalized spacial score (nSPS) is 11.1. The van der Waals surface area contributed by atoms with Crippen molar-refractivity contribution < 1.29 is 4.39 Å². The predicted molar refractivity (Wildman–Crippen MR) is 140 cm³/mol. The van der Waals surface area contributed by atoms with Crippen LogP contribution in [0.1, 0.15) is 16.5 Å². The first-order valence-electron chi connectivity index (χ1n) is 11.5. The van der Waals surface area contributed by atoms with Gasteiger partial charge in [0.25, 0.3) is 0 Å². The fourth-order valence-corrected chi connectivity index (χ4v) is 4.62. The van der Waals surface area contributed by atoms with Gasteiger partial charge in [-0.2, -0.15) is 0 Å². The van der Waals surface area contributed by atoms with Crippen LogP contribution in [-0.2, 0) is 19.4 Å². The zero-order valence-corrected chi connectivity index (χ0v) is 20.2. The van der Waals surface area contributed by atoms with E-state index in [4.69, 9.17) is 11.4 Å². The van der Waals surface area contributed by atoms with Gasteiger partial charge in [-0.3, -0.25) is 4.98 Å². The maximum atomic E-state index is 13.9. The van der Waals surface area contributed by atoms with Crippen LogP contribution in [0.2, 0.25) is 0 Å². The van der Waals surface area contributed by atoms with Crippen LogP contribution in [-0.4, -0.2) is 49.5 Å². The summed E-state index contributed by atoms with van der Waals surface area (Å²) in [7, 11) is 0. The lowest BCUT2D eigenvalue weighted by molar-refractivity contribution is 0.602. The summed E-state index contributed by atoms with van der Waals surface area (Å²) < 4.78 is 13.9. The summed E-state index contributed by atoms with van der Waals surface area (Å²) in [5.41, 5.74) is 3.89. The van der Waals surface area contributed by atoms with Crippen LogP contribution in [0.4, 0.5) is 15.9 Å². The smallest absolute Gasteiger partial charge is 0.157 e. The van der Waals surface area contributed by atoms with Gasteiger partial charge in [0.05, 0.1) is 34.8 Å². The molecule has 0 aliphatic heterocycles. The molecule has 9 nitrogen and oxygen atoms in total. The average Bonchev–Trinajstić information content (AvgIpc) is 3.50. The fourth-order valence-electron chi connectivity index (χ4n) is 3.72. The molecule has 0 amide bonds. The van der Waals surface area contributed by atoms with Gasteiger partial charge >= 0.3 is 0 Å². The SMILES string of the molecule is C#CCNc1ccc2[nH]c(CCNCCc3nc4c(NCc5ncccc5F)ncnc4s3)nc2c1. The Kier molecular flexibility index (Phi) is 7.25. The van der Waals surface area contributed by atoms with Gasteiger partial charge in [0, 0.05) is 37.8 Å². The van der Waals surface area contributed by atoms with E-state index in [9.17, 15) is 4.39 Å². The molecule has 0 saturated carbocycles. The highest BCUT2D eigenvalue weighted by atomic mass is 32.1. The molecular weight excluding hydrogens is 477 g/mol. The molecule has 0 atom stereocenters. The minimum absolute atomic E-state index is 0.220. The van der Waals surface area contributed by atoms with Gasteiger partial charge in [-0.25, -0.2) is 24.3 Å². The Bertz CT molecular complexity index is 1520.